The molecule has 96 valence electrons. The van der Waals surface area contributed by atoms with Gasteiger partial charge in [-0.3, -0.25) is 4.79 Å². The molecule has 5 nitrogen and oxygen atoms in total. The van der Waals surface area contributed by atoms with E-state index < -0.39 is 0 Å². The van der Waals surface area contributed by atoms with E-state index in [0.29, 0.717) is 32.1 Å². The Hall–Kier alpha value is -1.23. The molecular weight excluding hydrogens is 220 g/mol. The molecule has 5 heteroatoms. The van der Waals surface area contributed by atoms with Crippen LogP contribution in [0.4, 0.5) is 0 Å². The fourth-order valence-electron chi connectivity index (χ4n) is 2.18. The molecular formula is C12H20N2O3. The van der Waals surface area contributed by atoms with Crippen molar-refractivity contribution in [1.82, 2.24) is 4.90 Å². The van der Waals surface area contributed by atoms with Gasteiger partial charge in [0.15, 0.2) is 0 Å². The van der Waals surface area contributed by atoms with E-state index in [4.69, 9.17) is 15.2 Å². The molecule has 0 aliphatic carbocycles. The standard InChI is InChI=1S/C12H20N2O3/c1-12(2)8-14(4-3-10(12)13)11(15)9-7-16-5-6-17-9/h7,10H,3-6,8,13H2,1-2H3. The second kappa shape index (κ2) is 4.56. The van der Waals surface area contributed by atoms with E-state index in [0.717, 1.165) is 6.42 Å². The lowest BCUT2D eigenvalue weighted by Gasteiger charge is -2.42. The zero-order valence-electron chi connectivity index (χ0n) is 10.4. The molecule has 0 bridgehead atoms. The first-order valence-corrected chi connectivity index (χ1v) is 6.00. The Morgan fingerprint density at radius 2 is 2.29 bits per heavy atom. The molecule has 2 N–H and O–H groups in total. The number of hydrogen-bond acceptors (Lipinski definition) is 4. The third-order valence-electron chi connectivity index (χ3n) is 3.46. The van der Waals surface area contributed by atoms with Crippen molar-refractivity contribution in [3.8, 4) is 0 Å². The largest absolute Gasteiger partial charge is 0.494 e. The number of amides is 1. The third-order valence-corrected chi connectivity index (χ3v) is 3.46. The predicted molar refractivity (Wildman–Crippen MR) is 62.9 cm³/mol. The fourth-order valence-corrected chi connectivity index (χ4v) is 2.18. The zero-order valence-corrected chi connectivity index (χ0v) is 10.4. The van der Waals surface area contributed by atoms with Gasteiger partial charge >= 0.3 is 0 Å². The second-order valence-electron chi connectivity index (χ2n) is 5.31. The molecule has 0 spiro atoms. The zero-order chi connectivity index (χ0) is 12.5. The molecule has 2 heterocycles. The lowest BCUT2D eigenvalue weighted by molar-refractivity contribution is -0.135. The van der Waals surface area contributed by atoms with Crippen LogP contribution in [0.3, 0.4) is 0 Å². The molecule has 1 unspecified atom stereocenters. The number of piperidine rings is 1. The van der Waals surface area contributed by atoms with Gasteiger partial charge in [-0.2, -0.15) is 0 Å². The SMILES string of the molecule is CC1(C)CN(C(=O)C2=COCCO2)CCC1N. The molecule has 1 fully saturated rings. The van der Waals surface area contributed by atoms with Crippen LogP contribution < -0.4 is 5.73 Å². The summed E-state index contributed by atoms with van der Waals surface area (Å²) in [6.07, 6.45) is 2.24. The van der Waals surface area contributed by atoms with Crippen LogP contribution in [0.5, 0.6) is 0 Å². The van der Waals surface area contributed by atoms with Crippen molar-refractivity contribution in [1.29, 1.82) is 0 Å². The minimum atomic E-state index is -0.0929. The lowest BCUT2D eigenvalue weighted by atomic mass is 9.79. The summed E-state index contributed by atoms with van der Waals surface area (Å²) in [5.74, 6) is 0.215. The van der Waals surface area contributed by atoms with Crippen molar-refractivity contribution < 1.29 is 14.3 Å². The Morgan fingerprint density at radius 3 is 2.88 bits per heavy atom. The number of hydrogen-bond donors (Lipinski definition) is 1. The number of ether oxygens (including phenoxy) is 2. The van der Waals surface area contributed by atoms with Crippen molar-refractivity contribution in [2.45, 2.75) is 26.3 Å². The highest BCUT2D eigenvalue weighted by Gasteiger charge is 2.36. The molecule has 0 aromatic rings. The Balaban J connectivity index is 2.03. The highest BCUT2D eigenvalue weighted by atomic mass is 16.6. The first-order chi connectivity index (χ1) is 8.00. The van der Waals surface area contributed by atoms with Gasteiger partial charge in [-0.15, -0.1) is 0 Å². The molecule has 1 amide bonds. The number of nitrogens with zero attached hydrogens (tertiary/aromatic N) is 1. The van der Waals surface area contributed by atoms with E-state index in [1.807, 2.05) is 0 Å². The van der Waals surface area contributed by atoms with Crippen molar-refractivity contribution >= 4 is 5.91 Å². The van der Waals surface area contributed by atoms with Crippen molar-refractivity contribution in [3.05, 3.63) is 12.0 Å². The Morgan fingerprint density at radius 1 is 1.53 bits per heavy atom. The first-order valence-electron chi connectivity index (χ1n) is 6.00. The van der Waals surface area contributed by atoms with E-state index >= 15 is 0 Å². The summed E-state index contributed by atoms with van der Waals surface area (Å²) in [7, 11) is 0. The van der Waals surface area contributed by atoms with E-state index in [1.54, 1.807) is 4.90 Å². The van der Waals surface area contributed by atoms with Gasteiger partial charge < -0.3 is 20.1 Å². The number of carbonyl (C=O) groups excluding carboxylic acids is 1. The predicted octanol–water partition coefficient (Wildman–Crippen LogP) is 0.460. The Labute approximate surface area is 102 Å². The average molecular weight is 240 g/mol. The maximum atomic E-state index is 12.2. The molecule has 0 radical (unpaired) electrons. The average Bonchev–Trinajstić information content (AvgIpc) is 2.33. The molecule has 1 atom stereocenters. The number of rotatable bonds is 1. The van der Waals surface area contributed by atoms with Crippen LogP contribution in [-0.4, -0.2) is 43.2 Å². The third kappa shape index (κ3) is 2.54. The van der Waals surface area contributed by atoms with Crippen LogP contribution in [0, 0.1) is 5.41 Å². The van der Waals surface area contributed by atoms with E-state index in [-0.39, 0.29) is 17.4 Å². The summed E-state index contributed by atoms with van der Waals surface area (Å²) in [5.41, 5.74) is 5.99. The Bertz CT molecular complexity index is 339. The van der Waals surface area contributed by atoms with Gasteiger partial charge in [-0.25, -0.2) is 0 Å². The minimum Gasteiger partial charge on any atom is -0.494 e. The van der Waals surface area contributed by atoms with Crippen LogP contribution in [0.2, 0.25) is 0 Å². The highest BCUT2D eigenvalue weighted by Crippen LogP contribution is 2.28. The van der Waals surface area contributed by atoms with Crippen LogP contribution >= 0.6 is 0 Å². The highest BCUT2D eigenvalue weighted by molar-refractivity contribution is 5.91. The molecule has 2 rings (SSSR count). The van der Waals surface area contributed by atoms with Crippen LogP contribution in [0.25, 0.3) is 0 Å². The molecule has 17 heavy (non-hydrogen) atoms. The van der Waals surface area contributed by atoms with Crippen LogP contribution in [0.1, 0.15) is 20.3 Å². The Kier molecular flexibility index (Phi) is 3.28. The van der Waals surface area contributed by atoms with Gasteiger partial charge in [-0.05, 0) is 11.8 Å². The van der Waals surface area contributed by atoms with Gasteiger partial charge in [-0.1, -0.05) is 13.8 Å². The number of nitrogens with two attached hydrogens (primary N) is 1. The summed E-state index contributed by atoms with van der Waals surface area (Å²) in [4.78, 5) is 14.0. The monoisotopic (exact) mass is 240 g/mol. The maximum Gasteiger partial charge on any atom is 0.292 e. The van der Waals surface area contributed by atoms with E-state index in [9.17, 15) is 4.79 Å². The van der Waals surface area contributed by atoms with Crippen molar-refractivity contribution in [2.24, 2.45) is 11.1 Å². The smallest absolute Gasteiger partial charge is 0.292 e. The van der Waals surface area contributed by atoms with E-state index in [2.05, 4.69) is 13.8 Å². The summed E-state index contributed by atoms with van der Waals surface area (Å²) in [5, 5.41) is 0. The molecule has 1 saturated heterocycles. The summed E-state index contributed by atoms with van der Waals surface area (Å²) in [6.45, 7) is 6.47. The summed E-state index contributed by atoms with van der Waals surface area (Å²) >= 11 is 0. The second-order valence-corrected chi connectivity index (χ2v) is 5.31. The van der Waals surface area contributed by atoms with Crippen molar-refractivity contribution in [3.63, 3.8) is 0 Å². The van der Waals surface area contributed by atoms with E-state index in [1.165, 1.54) is 6.26 Å². The van der Waals surface area contributed by atoms with Gasteiger partial charge in [0, 0.05) is 19.1 Å². The van der Waals surface area contributed by atoms with Gasteiger partial charge in [0.1, 0.15) is 19.5 Å². The molecule has 0 aromatic heterocycles. The van der Waals surface area contributed by atoms with Gasteiger partial charge in [0.2, 0.25) is 5.76 Å². The molecule has 0 aromatic carbocycles. The number of likely N-dealkylation sites (tertiary alicyclic amines) is 1. The molecule has 2 aliphatic heterocycles. The minimum absolute atomic E-state index is 0.0516. The lowest BCUT2D eigenvalue weighted by Crippen LogP contribution is -2.54. The normalized spacial score (nSPS) is 27.8. The summed E-state index contributed by atoms with van der Waals surface area (Å²) < 4.78 is 10.4. The topological polar surface area (TPSA) is 64.8 Å². The van der Waals surface area contributed by atoms with Crippen LogP contribution in [0.15, 0.2) is 12.0 Å². The fraction of sp³-hybridized carbons (Fsp3) is 0.750. The van der Waals surface area contributed by atoms with Gasteiger partial charge in [0.05, 0.1) is 0 Å². The number of carbonyl (C=O) groups is 1. The quantitative estimate of drug-likeness (QED) is 0.723. The van der Waals surface area contributed by atoms with Gasteiger partial charge in [0.25, 0.3) is 5.91 Å². The van der Waals surface area contributed by atoms with Crippen molar-refractivity contribution in [2.75, 3.05) is 26.3 Å². The molecule has 0 saturated carbocycles. The first kappa shape index (κ1) is 12.2. The maximum absolute atomic E-state index is 12.2. The van der Waals surface area contributed by atoms with Crippen LogP contribution in [-0.2, 0) is 14.3 Å². The summed E-state index contributed by atoms with van der Waals surface area (Å²) in [6, 6.07) is 0.143. The molecule has 2 aliphatic rings.